The number of amides is 2. The van der Waals surface area contributed by atoms with Crippen molar-refractivity contribution in [3.8, 4) is 0 Å². The molecule has 2 heterocycles. The van der Waals surface area contributed by atoms with E-state index in [9.17, 15) is 14.4 Å². The van der Waals surface area contributed by atoms with Crippen molar-refractivity contribution < 1.29 is 19.1 Å². The number of thioether (sulfide) groups is 1. The number of rotatable bonds is 5. The van der Waals surface area contributed by atoms with Crippen molar-refractivity contribution in [2.45, 2.75) is 18.5 Å². The summed E-state index contributed by atoms with van der Waals surface area (Å²) >= 11 is 1.04. The van der Waals surface area contributed by atoms with Gasteiger partial charge in [0.05, 0.1) is 13.4 Å². The molecule has 2 amide bonds. The summed E-state index contributed by atoms with van der Waals surface area (Å²) in [7, 11) is 1.25. The summed E-state index contributed by atoms with van der Waals surface area (Å²) in [6.45, 7) is 0. The zero-order chi connectivity index (χ0) is 14.5. The molecule has 0 bridgehead atoms. The third kappa shape index (κ3) is 3.50. The molecule has 1 saturated heterocycles. The highest BCUT2D eigenvalue weighted by Gasteiger charge is 2.31. The summed E-state index contributed by atoms with van der Waals surface area (Å²) in [5.41, 5.74) is 0.700. The number of hydrogen-bond acceptors (Lipinski definition) is 6. The molecule has 0 radical (unpaired) electrons. The average Bonchev–Trinajstić information content (AvgIpc) is 3.08. The smallest absolute Gasteiger partial charge is 0.328 e. The van der Waals surface area contributed by atoms with Gasteiger partial charge in [0.2, 0.25) is 5.91 Å². The van der Waals surface area contributed by atoms with Crippen LogP contribution >= 0.6 is 11.8 Å². The van der Waals surface area contributed by atoms with Crippen LogP contribution in [-0.2, 0) is 20.7 Å². The predicted octanol–water partition coefficient (Wildman–Crippen LogP) is -0.565. The number of carbonyl (C=O) groups excluding carboxylic acids is 3. The molecule has 1 aliphatic heterocycles. The first-order chi connectivity index (χ1) is 9.60. The number of aromatic amines is 1. The lowest BCUT2D eigenvalue weighted by atomic mass is 10.1. The molecule has 0 saturated carbocycles. The van der Waals surface area contributed by atoms with Gasteiger partial charge in [-0.1, -0.05) is 11.8 Å². The van der Waals surface area contributed by atoms with Crippen LogP contribution in [0, 0.1) is 0 Å². The fraction of sp³-hybridized carbons (Fsp3) is 0.455. The molecule has 0 spiro atoms. The van der Waals surface area contributed by atoms with E-state index in [-0.39, 0.29) is 11.7 Å². The number of imidazole rings is 1. The Morgan fingerprint density at radius 1 is 1.65 bits per heavy atom. The Balaban J connectivity index is 1.98. The highest BCUT2D eigenvalue weighted by molar-refractivity contribution is 8.14. The number of nitrogens with one attached hydrogen (secondary N) is 3. The van der Waals surface area contributed by atoms with E-state index in [1.54, 1.807) is 6.20 Å². The van der Waals surface area contributed by atoms with Crippen LogP contribution in [0.3, 0.4) is 0 Å². The van der Waals surface area contributed by atoms with Crippen molar-refractivity contribution in [2.75, 3.05) is 12.9 Å². The van der Waals surface area contributed by atoms with Crippen LogP contribution in [0.4, 0.5) is 4.79 Å². The van der Waals surface area contributed by atoms with Crippen LogP contribution in [0.15, 0.2) is 12.5 Å². The lowest BCUT2D eigenvalue weighted by Gasteiger charge is -2.18. The Kier molecular flexibility index (Phi) is 4.61. The van der Waals surface area contributed by atoms with Crippen molar-refractivity contribution in [3.05, 3.63) is 18.2 Å². The highest BCUT2D eigenvalue weighted by Crippen LogP contribution is 2.13. The van der Waals surface area contributed by atoms with E-state index in [0.717, 1.165) is 11.8 Å². The molecule has 8 nitrogen and oxygen atoms in total. The Morgan fingerprint density at radius 2 is 2.45 bits per heavy atom. The quantitative estimate of drug-likeness (QED) is 0.628. The maximum Gasteiger partial charge on any atom is 0.328 e. The van der Waals surface area contributed by atoms with Gasteiger partial charge in [-0.05, 0) is 0 Å². The minimum Gasteiger partial charge on any atom is -0.467 e. The van der Waals surface area contributed by atoms with Gasteiger partial charge in [-0.15, -0.1) is 0 Å². The van der Waals surface area contributed by atoms with Gasteiger partial charge in [0.15, 0.2) is 0 Å². The van der Waals surface area contributed by atoms with E-state index in [4.69, 9.17) is 0 Å². The average molecular weight is 298 g/mol. The SMILES string of the molecule is COC(=O)[C@H](Cc1cnc[nH]1)NC(=O)C1CSC(=O)N1. The van der Waals surface area contributed by atoms with Crippen molar-refractivity contribution in [1.29, 1.82) is 0 Å². The first kappa shape index (κ1) is 14.4. The largest absolute Gasteiger partial charge is 0.467 e. The molecule has 3 N–H and O–H groups in total. The van der Waals surface area contributed by atoms with Crippen LogP contribution in [0.1, 0.15) is 5.69 Å². The van der Waals surface area contributed by atoms with Crippen LogP contribution < -0.4 is 10.6 Å². The molecule has 0 aliphatic carbocycles. The van der Waals surface area contributed by atoms with Crippen molar-refractivity contribution in [2.24, 2.45) is 0 Å². The van der Waals surface area contributed by atoms with Gasteiger partial charge in [0.25, 0.3) is 5.24 Å². The highest BCUT2D eigenvalue weighted by atomic mass is 32.2. The van der Waals surface area contributed by atoms with E-state index in [2.05, 4.69) is 25.3 Å². The second-order valence-corrected chi connectivity index (χ2v) is 5.15. The molecule has 1 unspecified atom stereocenters. The van der Waals surface area contributed by atoms with Crippen LogP contribution in [0.5, 0.6) is 0 Å². The lowest BCUT2D eigenvalue weighted by molar-refractivity contribution is -0.145. The normalized spacial score (nSPS) is 19.2. The second kappa shape index (κ2) is 6.42. The molecule has 1 aromatic heterocycles. The first-order valence-electron chi connectivity index (χ1n) is 5.89. The van der Waals surface area contributed by atoms with E-state index in [0.29, 0.717) is 11.4 Å². The molecule has 0 aromatic carbocycles. The second-order valence-electron chi connectivity index (χ2n) is 4.16. The summed E-state index contributed by atoms with van der Waals surface area (Å²) in [5.74, 6) is -0.606. The maximum absolute atomic E-state index is 12.0. The van der Waals surface area contributed by atoms with Gasteiger partial charge in [-0.25, -0.2) is 9.78 Å². The number of aromatic nitrogens is 2. The molecule has 9 heteroatoms. The zero-order valence-corrected chi connectivity index (χ0v) is 11.5. The summed E-state index contributed by atoms with van der Waals surface area (Å²) in [6, 6.07) is -1.45. The molecule has 2 rings (SSSR count). The molecule has 1 aromatic rings. The minimum atomic E-state index is -0.824. The monoisotopic (exact) mass is 298 g/mol. The summed E-state index contributed by atoms with van der Waals surface area (Å²) in [6.07, 6.45) is 3.29. The fourth-order valence-electron chi connectivity index (χ4n) is 1.75. The lowest BCUT2D eigenvalue weighted by Crippen LogP contribution is -2.50. The molecular weight excluding hydrogens is 284 g/mol. The van der Waals surface area contributed by atoms with Gasteiger partial charge in [-0.3, -0.25) is 9.59 Å². The number of nitrogens with zero attached hydrogens (tertiary/aromatic N) is 1. The van der Waals surface area contributed by atoms with Gasteiger partial charge in [0, 0.05) is 24.1 Å². The van der Waals surface area contributed by atoms with E-state index < -0.39 is 24.0 Å². The molecule has 20 heavy (non-hydrogen) atoms. The topological polar surface area (TPSA) is 113 Å². The summed E-state index contributed by atoms with van der Waals surface area (Å²) in [4.78, 5) is 41.4. The van der Waals surface area contributed by atoms with E-state index >= 15 is 0 Å². The van der Waals surface area contributed by atoms with Gasteiger partial charge in [-0.2, -0.15) is 0 Å². The van der Waals surface area contributed by atoms with Crippen LogP contribution in [0.25, 0.3) is 0 Å². The number of carbonyl (C=O) groups is 3. The third-order valence-electron chi connectivity index (χ3n) is 2.77. The van der Waals surface area contributed by atoms with E-state index in [1.165, 1.54) is 13.4 Å². The molecule has 1 aliphatic rings. The first-order valence-corrected chi connectivity index (χ1v) is 6.87. The standard InChI is InChI=1S/C11H14N4O4S/c1-19-10(17)7(2-6-3-12-5-13-6)14-9(16)8-4-20-11(18)15-8/h3,5,7-8H,2,4H2,1H3,(H,12,13)(H,14,16)(H,15,18)/t7-,8?/m0/s1. The third-order valence-corrected chi connectivity index (χ3v) is 3.65. The Labute approximate surface area is 119 Å². The Hall–Kier alpha value is -2.03. The van der Waals surface area contributed by atoms with Gasteiger partial charge < -0.3 is 20.4 Å². The number of hydrogen-bond donors (Lipinski definition) is 3. The van der Waals surface area contributed by atoms with Crippen LogP contribution in [-0.4, -0.2) is 52.0 Å². The minimum absolute atomic E-state index is 0.242. The molecule has 1 fully saturated rings. The summed E-state index contributed by atoms with van der Waals surface area (Å²) in [5, 5.41) is 4.85. The predicted molar refractivity (Wildman–Crippen MR) is 71.0 cm³/mol. The number of H-pyrrole nitrogens is 1. The van der Waals surface area contributed by atoms with Crippen LogP contribution in [0.2, 0.25) is 0 Å². The maximum atomic E-state index is 12.0. The Morgan fingerprint density at radius 3 is 3.00 bits per heavy atom. The summed E-state index contributed by atoms with van der Waals surface area (Å²) < 4.78 is 4.67. The van der Waals surface area contributed by atoms with Gasteiger partial charge in [0.1, 0.15) is 12.1 Å². The van der Waals surface area contributed by atoms with Crippen molar-refractivity contribution in [3.63, 3.8) is 0 Å². The fourth-order valence-corrected chi connectivity index (χ4v) is 2.53. The molecular formula is C11H14N4O4S. The number of ether oxygens (including phenoxy) is 1. The Bertz CT molecular complexity index is 505. The molecule has 2 atom stereocenters. The number of esters is 1. The number of methoxy groups -OCH3 is 1. The van der Waals surface area contributed by atoms with E-state index in [1.807, 2.05) is 0 Å². The molecule has 108 valence electrons. The zero-order valence-electron chi connectivity index (χ0n) is 10.7. The van der Waals surface area contributed by atoms with Crippen molar-refractivity contribution in [1.82, 2.24) is 20.6 Å². The van der Waals surface area contributed by atoms with Crippen molar-refractivity contribution >= 4 is 28.9 Å². The van der Waals surface area contributed by atoms with Gasteiger partial charge >= 0.3 is 5.97 Å².